The van der Waals surface area contributed by atoms with Gasteiger partial charge in [-0.1, -0.05) is 0 Å². The number of esters is 2. The molecular formula is C21H23N3O7. The van der Waals surface area contributed by atoms with Gasteiger partial charge in [0.15, 0.2) is 12.2 Å². The minimum atomic E-state index is -0.651. The molecule has 0 aliphatic carbocycles. The maximum atomic E-state index is 12.7. The monoisotopic (exact) mass is 429 g/mol. The summed E-state index contributed by atoms with van der Waals surface area (Å²) < 4.78 is 26.4. The molecule has 0 radical (unpaired) electrons. The lowest BCUT2D eigenvalue weighted by atomic mass is 10.1. The van der Waals surface area contributed by atoms with E-state index >= 15 is 0 Å². The van der Waals surface area contributed by atoms with E-state index in [9.17, 15) is 9.59 Å². The first kappa shape index (κ1) is 20.9. The van der Waals surface area contributed by atoms with Crippen molar-refractivity contribution in [2.75, 3.05) is 63.7 Å². The lowest BCUT2D eigenvalue weighted by Crippen LogP contribution is -2.41. The summed E-state index contributed by atoms with van der Waals surface area (Å²) in [5.41, 5.74) is 2.47. The van der Waals surface area contributed by atoms with Crippen LogP contribution in [0.25, 0.3) is 11.3 Å². The topological polar surface area (TPSA) is 104 Å². The smallest absolute Gasteiger partial charge is 0.355 e. The summed E-state index contributed by atoms with van der Waals surface area (Å²) in [7, 11) is 2.53. The molecule has 2 aromatic rings. The molecule has 1 aromatic carbocycles. The molecule has 0 saturated carbocycles. The van der Waals surface area contributed by atoms with Gasteiger partial charge >= 0.3 is 11.9 Å². The highest BCUT2D eigenvalue weighted by molar-refractivity contribution is 6.04. The average Bonchev–Trinajstić information content (AvgIpc) is 3.38. The van der Waals surface area contributed by atoms with Crippen LogP contribution in [0.1, 0.15) is 0 Å². The molecule has 1 saturated heterocycles. The van der Waals surface area contributed by atoms with Gasteiger partial charge in [0.1, 0.15) is 12.4 Å². The van der Waals surface area contributed by atoms with Crippen molar-refractivity contribution in [3.8, 4) is 11.3 Å². The highest BCUT2D eigenvalue weighted by Gasteiger charge is 2.34. The molecule has 164 valence electrons. The molecular weight excluding hydrogens is 406 g/mol. The molecule has 4 rings (SSSR count). The Morgan fingerprint density at radius 2 is 1.81 bits per heavy atom. The van der Waals surface area contributed by atoms with E-state index in [0.29, 0.717) is 37.8 Å². The standard InChI is InChI=1S/C21H23N3O7/c1-27-20(25)15-11-30-13-24(19(15)21(26)28-2)17-9-14(18-10-22-12-31-18)3-4-16(17)23-5-7-29-8-6-23/h3-4,9-10,12H,5-8,11,13H2,1-2H3. The summed E-state index contributed by atoms with van der Waals surface area (Å²) in [5.74, 6) is -0.726. The first-order valence-electron chi connectivity index (χ1n) is 9.74. The Hall–Kier alpha value is -3.37. The van der Waals surface area contributed by atoms with Gasteiger partial charge in [0, 0.05) is 18.7 Å². The number of anilines is 2. The van der Waals surface area contributed by atoms with Crippen molar-refractivity contribution in [3.63, 3.8) is 0 Å². The van der Waals surface area contributed by atoms with Crippen LogP contribution in [0, 0.1) is 0 Å². The van der Waals surface area contributed by atoms with E-state index in [1.54, 1.807) is 11.1 Å². The average molecular weight is 429 g/mol. The summed E-state index contributed by atoms with van der Waals surface area (Å²) in [4.78, 5) is 32.9. The van der Waals surface area contributed by atoms with Crippen molar-refractivity contribution >= 4 is 23.3 Å². The number of hydrogen-bond acceptors (Lipinski definition) is 10. The Balaban J connectivity index is 1.87. The third-order valence-corrected chi connectivity index (χ3v) is 5.17. The fourth-order valence-electron chi connectivity index (χ4n) is 3.66. The van der Waals surface area contributed by atoms with Gasteiger partial charge in [-0.3, -0.25) is 0 Å². The molecule has 0 spiro atoms. The number of oxazole rings is 1. The van der Waals surface area contributed by atoms with Gasteiger partial charge in [0.25, 0.3) is 0 Å². The largest absolute Gasteiger partial charge is 0.466 e. The number of aromatic nitrogens is 1. The number of hydrogen-bond donors (Lipinski definition) is 0. The van der Waals surface area contributed by atoms with Gasteiger partial charge in [-0.15, -0.1) is 0 Å². The predicted octanol–water partition coefficient (Wildman–Crippen LogP) is 1.57. The third kappa shape index (κ3) is 4.12. The van der Waals surface area contributed by atoms with Crippen LogP contribution in [0.2, 0.25) is 0 Å². The van der Waals surface area contributed by atoms with Crippen LogP contribution in [0.5, 0.6) is 0 Å². The Morgan fingerprint density at radius 3 is 2.48 bits per heavy atom. The second-order valence-electron chi connectivity index (χ2n) is 6.88. The van der Waals surface area contributed by atoms with Crippen LogP contribution in [0.4, 0.5) is 11.4 Å². The molecule has 31 heavy (non-hydrogen) atoms. The van der Waals surface area contributed by atoms with Crippen molar-refractivity contribution in [3.05, 3.63) is 42.1 Å². The van der Waals surface area contributed by atoms with Crippen LogP contribution in [0.15, 0.2) is 46.5 Å². The zero-order valence-corrected chi connectivity index (χ0v) is 17.3. The van der Waals surface area contributed by atoms with Crippen LogP contribution in [-0.2, 0) is 28.5 Å². The van der Waals surface area contributed by atoms with Crippen molar-refractivity contribution < 1.29 is 33.0 Å². The van der Waals surface area contributed by atoms with E-state index in [-0.39, 0.29) is 24.6 Å². The minimum Gasteiger partial charge on any atom is -0.466 e. The summed E-state index contributed by atoms with van der Waals surface area (Å²) in [6, 6.07) is 5.74. The van der Waals surface area contributed by atoms with Crippen molar-refractivity contribution in [1.82, 2.24) is 4.98 Å². The van der Waals surface area contributed by atoms with Gasteiger partial charge in [-0.2, -0.15) is 0 Å². The van der Waals surface area contributed by atoms with Gasteiger partial charge in [0.05, 0.1) is 57.2 Å². The van der Waals surface area contributed by atoms with Gasteiger partial charge in [-0.05, 0) is 18.2 Å². The van der Waals surface area contributed by atoms with Gasteiger partial charge in [0.2, 0.25) is 0 Å². The number of methoxy groups -OCH3 is 2. The Kier molecular flexibility index (Phi) is 6.19. The number of benzene rings is 1. The number of carbonyl (C=O) groups is 2. The van der Waals surface area contributed by atoms with Gasteiger partial charge < -0.3 is 33.2 Å². The summed E-state index contributed by atoms with van der Waals surface area (Å²) in [6.07, 6.45) is 2.96. The van der Waals surface area contributed by atoms with E-state index in [2.05, 4.69) is 9.88 Å². The predicted molar refractivity (Wildman–Crippen MR) is 109 cm³/mol. The first-order chi connectivity index (χ1) is 15.1. The number of rotatable bonds is 5. The maximum Gasteiger partial charge on any atom is 0.355 e. The molecule has 3 heterocycles. The minimum absolute atomic E-state index is 0.0533. The summed E-state index contributed by atoms with van der Waals surface area (Å²) >= 11 is 0. The highest BCUT2D eigenvalue weighted by atomic mass is 16.5. The molecule has 1 aromatic heterocycles. The molecule has 0 atom stereocenters. The molecule has 1 fully saturated rings. The Morgan fingerprint density at radius 1 is 1.03 bits per heavy atom. The molecule has 2 aliphatic heterocycles. The SMILES string of the molecule is COC(=O)C1=C(C(=O)OC)N(c2cc(-c3cnco3)ccc2N2CCOCC2)COC1. The molecule has 10 nitrogen and oxygen atoms in total. The summed E-state index contributed by atoms with van der Waals surface area (Å²) in [6.45, 7) is 2.55. The third-order valence-electron chi connectivity index (χ3n) is 5.17. The van der Waals surface area contributed by atoms with E-state index in [0.717, 1.165) is 11.3 Å². The maximum absolute atomic E-state index is 12.7. The van der Waals surface area contributed by atoms with Crippen molar-refractivity contribution in [1.29, 1.82) is 0 Å². The molecule has 0 N–H and O–H groups in total. The number of carbonyl (C=O) groups excluding carboxylic acids is 2. The highest BCUT2D eigenvalue weighted by Crippen LogP contribution is 2.38. The summed E-state index contributed by atoms with van der Waals surface area (Å²) in [5, 5.41) is 0. The van der Waals surface area contributed by atoms with Crippen LogP contribution >= 0.6 is 0 Å². The van der Waals surface area contributed by atoms with Crippen LogP contribution in [0.3, 0.4) is 0 Å². The molecule has 0 amide bonds. The van der Waals surface area contributed by atoms with Crippen LogP contribution in [-0.4, -0.2) is 70.8 Å². The molecule has 0 bridgehead atoms. The first-order valence-corrected chi connectivity index (χ1v) is 9.74. The molecule has 2 aliphatic rings. The van der Waals surface area contributed by atoms with Crippen molar-refractivity contribution in [2.45, 2.75) is 0 Å². The van der Waals surface area contributed by atoms with E-state index in [4.69, 9.17) is 23.4 Å². The van der Waals surface area contributed by atoms with Crippen molar-refractivity contribution in [2.24, 2.45) is 0 Å². The normalized spacial score (nSPS) is 17.0. The second-order valence-corrected chi connectivity index (χ2v) is 6.88. The fraction of sp³-hybridized carbons (Fsp3) is 0.381. The van der Waals surface area contributed by atoms with E-state index in [1.165, 1.54) is 20.6 Å². The zero-order valence-electron chi connectivity index (χ0n) is 17.3. The molecule has 0 unspecified atom stereocenters. The second kappa shape index (κ2) is 9.19. The van der Waals surface area contributed by atoms with Crippen LogP contribution < -0.4 is 9.80 Å². The Labute approximate surface area is 178 Å². The number of nitrogens with zero attached hydrogens (tertiary/aromatic N) is 3. The quantitative estimate of drug-likeness (QED) is 0.651. The van der Waals surface area contributed by atoms with Gasteiger partial charge in [-0.25, -0.2) is 14.6 Å². The zero-order chi connectivity index (χ0) is 21.8. The number of morpholine rings is 1. The Bertz CT molecular complexity index is 981. The molecule has 10 heteroatoms. The van der Waals surface area contributed by atoms with E-state index < -0.39 is 11.9 Å². The fourth-order valence-corrected chi connectivity index (χ4v) is 3.66. The lowest BCUT2D eigenvalue weighted by Gasteiger charge is -2.36. The number of ether oxygens (including phenoxy) is 4. The van der Waals surface area contributed by atoms with E-state index in [1.807, 2.05) is 18.2 Å². The lowest BCUT2D eigenvalue weighted by molar-refractivity contribution is -0.140.